The number of rotatable bonds is 0. The third-order valence-electron chi connectivity index (χ3n) is 5.26. The van der Waals surface area contributed by atoms with Crippen LogP contribution in [0.5, 0.6) is 0 Å². The van der Waals surface area contributed by atoms with E-state index in [-0.39, 0.29) is 11.6 Å². The number of nitrogens with zero attached hydrogens (tertiary/aromatic N) is 1. The maximum absolute atomic E-state index is 13.2. The van der Waals surface area contributed by atoms with Crippen molar-refractivity contribution in [3.63, 3.8) is 0 Å². The van der Waals surface area contributed by atoms with Crippen LogP contribution >= 0.6 is 0 Å². The highest BCUT2D eigenvalue weighted by Gasteiger charge is 2.33. The highest BCUT2D eigenvalue weighted by Crippen LogP contribution is 2.38. The van der Waals surface area contributed by atoms with Gasteiger partial charge in [0.2, 0.25) is 0 Å². The predicted octanol–water partition coefficient (Wildman–Crippen LogP) is 4.42. The molecule has 0 atom stereocenters. The monoisotopic (exact) mass is 325 g/mol. The third-order valence-corrected chi connectivity index (χ3v) is 5.26. The van der Waals surface area contributed by atoms with Crippen molar-refractivity contribution in [1.82, 2.24) is 4.57 Å². The number of carbonyl (C=O) groups is 2. The molecule has 0 aliphatic heterocycles. The van der Waals surface area contributed by atoms with Gasteiger partial charge in [-0.3, -0.25) is 9.59 Å². The van der Waals surface area contributed by atoms with Crippen molar-refractivity contribution in [1.29, 1.82) is 0 Å². The Hall–Kier alpha value is -3.20. The van der Waals surface area contributed by atoms with E-state index in [1.54, 1.807) is 18.2 Å². The predicted molar refractivity (Wildman–Crippen MR) is 98.5 cm³/mol. The SMILES string of the molecule is Cc1cc2c(c3c1c1ccccc1n3C)C(=O)c1ccccc1C2=O. The molecule has 3 nitrogen and oxygen atoms in total. The molecule has 4 aromatic rings. The molecule has 3 aromatic carbocycles. The number of aryl methyl sites for hydroxylation is 2. The number of hydrogen-bond acceptors (Lipinski definition) is 2. The summed E-state index contributed by atoms with van der Waals surface area (Å²) in [7, 11) is 1.96. The van der Waals surface area contributed by atoms with Gasteiger partial charge in [-0.2, -0.15) is 0 Å². The molecule has 3 heteroatoms. The van der Waals surface area contributed by atoms with Crippen LogP contribution in [0.4, 0.5) is 0 Å². The Morgan fingerprint density at radius 1 is 0.800 bits per heavy atom. The van der Waals surface area contributed by atoms with Crippen LogP contribution in [0.3, 0.4) is 0 Å². The molecule has 0 radical (unpaired) electrons. The van der Waals surface area contributed by atoms with Gasteiger partial charge in [-0.1, -0.05) is 42.5 Å². The molecule has 0 amide bonds. The maximum atomic E-state index is 13.2. The normalized spacial score (nSPS) is 13.4. The number of benzene rings is 3. The molecule has 1 aliphatic rings. The summed E-state index contributed by atoms with van der Waals surface area (Å²) in [5, 5.41) is 2.16. The lowest BCUT2D eigenvalue weighted by atomic mass is 9.82. The lowest BCUT2D eigenvalue weighted by molar-refractivity contribution is 0.0980. The Morgan fingerprint density at radius 3 is 2.20 bits per heavy atom. The Bertz CT molecular complexity index is 1240. The van der Waals surface area contributed by atoms with Crippen LogP contribution in [0.2, 0.25) is 0 Å². The van der Waals surface area contributed by atoms with E-state index in [4.69, 9.17) is 0 Å². The van der Waals surface area contributed by atoms with Crippen LogP contribution in [0.25, 0.3) is 21.8 Å². The van der Waals surface area contributed by atoms with E-state index in [9.17, 15) is 9.59 Å². The number of hydrogen-bond donors (Lipinski definition) is 0. The molecule has 0 bridgehead atoms. The first kappa shape index (κ1) is 14.2. The number of ketones is 2. The standard InChI is InChI=1S/C22H15NO2/c1-12-11-16-19(22(25)14-8-4-3-7-13(14)21(16)24)20-18(12)15-9-5-6-10-17(15)23(20)2/h3-11H,1-2H3. The van der Waals surface area contributed by atoms with Crippen molar-refractivity contribution in [3.05, 3.63) is 82.4 Å². The first-order valence-electron chi connectivity index (χ1n) is 8.28. The van der Waals surface area contributed by atoms with E-state index in [2.05, 4.69) is 6.07 Å². The van der Waals surface area contributed by atoms with Gasteiger partial charge in [0.15, 0.2) is 11.6 Å². The number of fused-ring (bicyclic) bond motifs is 6. The zero-order chi connectivity index (χ0) is 17.3. The van der Waals surface area contributed by atoms with Gasteiger partial charge in [0.25, 0.3) is 0 Å². The second-order valence-corrected chi connectivity index (χ2v) is 6.62. The maximum Gasteiger partial charge on any atom is 0.196 e. The second-order valence-electron chi connectivity index (χ2n) is 6.62. The summed E-state index contributed by atoms with van der Waals surface area (Å²) in [5.41, 5.74) is 4.97. The van der Waals surface area contributed by atoms with Gasteiger partial charge in [-0.05, 0) is 24.6 Å². The lowest BCUT2D eigenvalue weighted by Gasteiger charge is -2.19. The molecule has 0 unspecified atom stereocenters. The van der Waals surface area contributed by atoms with Gasteiger partial charge in [-0.15, -0.1) is 0 Å². The topological polar surface area (TPSA) is 39.1 Å². The quantitative estimate of drug-likeness (QED) is 0.423. The number of para-hydroxylation sites is 1. The summed E-state index contributed by atoms with van der Waals surface area (Å²) in [5.74, 6) is -0.137. The average Bonchev–Trinajstić information content (AvgIpc) is 2.94. The van der Waals surface area contributed by atoms with E-state index < -0.39 is 0 Å². The summed E-state index contributed by atoms with van der Waals surface area (Å²) < 4.78 is 2.04. The molecule has 1 aliphatic carbocycles. The summed E-state index contributed by atoms with van der Waals surface area (Å²) >= 11 is 0. The molecule has 5 rings (SSSR count). The molecule has 0 spiro atoms. The van der Waals surface area contributed by atoms with Crippen molar-refractivity contribution >= 4 is 33.4 Å². The van der Waals surface area contributed by atoms with E-state index >= 15 is 0 Å². The minimum atomic E-state index is -0.0690. The van der Waals surface area contributed by atoms with Gasteiger partial charge in [-0.25, -0.2) is 0 Å². The van der Waals surface area contributed by atoms with Crippen molar-refractivity contribution in [3.8, 4) is 0 Å². The summed E-state index contributed by atoms with van der Waals surface area (Å²) in [6.07, 6.45) is 0. The Balaban J connectivity index is 2.02. The molecule has 0 fully saturated rings. The number of carbonyl (C=O) groups excluding carboxylic acids is 2. The molecule has 1 aromatic heterocycles. The number of aromatic nitrogens is 1. The molecular weight excluding hydrogens is 310 g/mol. The van der Waals surface area contributed by atoms with Gasteiger partial charge >= 0.3 is 0 Å². The van der Waals surface area contributed by atoms with Crippen LogP contribution in [-0.4, -0.2) is 16.1 Å². The summed E-state index contributed by atoms with van der Waals surface area (Å²) in [6.45, 7) is 2.01. The molecule has 1 heterocycles. The van der Waals surface area contributed by atoms with E-state index in [0.29, 0.717) is 22.3 Å². The van der Waals surface area contributed by atoms with Crippen molar-refractivity contribution in [2.45, 2.75) is 6.92 Å². The van der Waals surface area contributed by atoms with Crippen LogP contribution in [0.15, 0.2) is 54.6 Å². The Kier molecular flexibility index (Phi) is 2.65. The van der Waals surface area contributed by atoms with Crippen LogP contribution < -0.4 is 0 Å². The van der Waals surface area contributed by atoms with Crippen molar-refractivity contribution in [2.24, 2.45) is 7.05 Å². The first-order valence-corrected chi connectivity index (χ1v) is 8.28. The zero-order valence-corrected chi connectivity index (χ0v) is 14.0. The minimum Gasteiger partial charge on any atom is -0.343 e. The van der Waals surface area contributed by atoms with Crippen LogP contribution in [0.1, 0.15) is 37.4 Å². The molecule has 25 heavy (non-hydrogen) atoms. The highest BCUT2D eigenvalue weighted by molar-refractivity contribution is 6.33. The fourth-order valence-electron chi connectivity index (χ4n) is 4.14. The van der Waals surface area contributed by atoms with E-state index in [1.807, 2.05) is 48.9 Å². The molecule has 0 N–H and O–H groups in total. The first-order chi connectivity index (χ1) is 12.1. The second kappa shape index (κ2) is 4.67. The van der Waals surface area contributed by atoms with E-state index in [1.165, 1.54) is 0 Å². The van der Waals surface area contributed by atoms with E-state index in [0.717, 1.165) is 27.4 Å². The Labute approximate surface area is 144 Å². The lowest BCUT2D eigenvalue weighted by Crippen LogP contribution is -2.22. The Morgan fingerprint density at radius 2 is 1.44 bits per heavy atom. The van der Waals surface area contributed by atoms with Crippen molar-refractivity contribution in [2.75, 3.05) is 0 Å². The summed E-state index contributed by atoms with van der Waals surface area (Å²) in [4.78, 5) is 26.3. The summed E-state index contributed by atoms with van der Waals surface area (Å²) in [6, 6.07) is 17.1. The van der Waals surface area contributed by atoms with Crippen LogP contribution in [-0.2, 0) is 7.05 Å². The van der Waals surface area contributed by atoms with Gasteiger partial charge in [0.05, 0.1) is 11.1 Å². The zero-order valence-electron chi connectivity index (χ0n) is 14.0. The third kappa shape index (κ3) is 1.65. The molecular formula is C22H15NO2. The smallest absolute Gasteiger partial charge is 0.196 e. The van der Waals surface area contributed by atoms with Crippen LogP contribution in [0, 0.1) is 6.92 Å². The van der Waals surface area contributed by atoms with Gasteiger partial charge in [0, 0.05) is 40.0 Å². The fourth-order valence-corrected chi connectivity index (χ4v) is 4.14. The molecule has 0 saturated carbocycles. The van der Waals surface area contributed by atoms with Crippen molar-refractivity contribution < 1.29 is 9.59 Å². The molecule has 0 saturated heterocycles. The average molecular weight is 325 g/mol. The largest absolute Gasteiger partial charge is 0.343 e. The molecule has 120 valence electrons. The highest BCUT2D eigenvalue weighted by atomic mass is 16.1. The minimum absolute atomic E-state index is 0.0684. The van der Waals surface area contributed by atoms with Gasteiger partial charge in [0.1, 0.15) is 0 Å². The van der Waals surface area contributed by atoms with Gasteiger partial charge < -0.3 is 4.57 Å². The fraction of sp³-hybridized carbons (Fsp3) is 0.0909.